The van der Waals surface area contributed by atoms with Crippen LogP contribution in [0.3, 0.4) is 0 Å². The zero-order valence-electron chi connectivity index (χ0n) is 16.3. The first-order chi connectivity index (χ1) is 14.7. The maximum Gasteiger partial charge on any atom is 0.262 e. The number of benzene rings is 3. The number of aromatic nitrogens is 2. The third-order valence-corrected chi connectivity index (χ3v) is 6.70. The van der Waals surface area contributed by atoms with Crippen LogP contribution in [-0.4, -0.2) is 32.9 Å². The lowest BCUT2D eigenvalue weighted by atomic mass is 9.96. The van der Waals surface area contributed by atoms with Gasteiger partial charge < -0.3 is 9.13 Å². The Bertz CT molecular complexity index is 1530. The molecule has 30 heavy (non-hydrogen) atoms. The van der Waals surface area contributed by atoms with Crippen LogP contribution in [0.25, 0.3) is 43.6 Å². The molecule has 2 amide bonds. The van der Waals surface area contributed by atoms with E-state index >= 15 is 0 Å². The normalized spacial score (nSPS) is 15.8. The molecular formula is C25H17N3O2. The molecule has 0 unspecified atom stereocenters. The third kappa shape index (κ3) is 1.63. The fourth-order valence-electron chi connectivity index (χ4n) is 5.45. The van der Waals surface area contributed by atoms with E-state index in [1.807, 2.05) is 24.3 Å². The lowest BCUT2D eigenvalue weighted by molar-refractivity contribution is 0.0694. The first kappa shape index (κ1) is 16.0. The van der Waals surface area contributed by atoms with E-state index in [0.717, 1.165) is 56.7 Å². The maximum atomic E-state index is 13.3. The minimum Gasteiger partial charge on any atom is -0.335 e. The number of amides is 2. The van der Waals surface area contributed by atoms with Gasteiger partial charge in [-0.15, -0.1) is 0 Å². The van der Waals surface area contributed by atoms with Crippen LogP contribution in [0.4, 0.5) is 0 Å². The van der Waals surface area contributed by atoms with Gasteiger partial charge in [-0.3, -0.25) is 14.5 Å². The first-order valence-corrected chi connectivity index (χ1v) is 10.1. The van der Waals surface area contributed by atoms with Gasteiger partial charge in [0.15, 0.2) is 0 Å². The molecule has 0 fully saturated rings. The molecule has 0 N–H and O–H groups in total. The average Bonchev–Trinajstić information content (AvgIpc) is 3.32. The van der Waals surface area contributed by atoms with E-state index in [-0.39, 0.29) is 11.8 Å². The van der Waals surface area contributed by atoms with Crippen LogP contribution in [0, 0.1) is 0 Å². The van der Waals surface area contributed by atoms with Crippen LogP contribution >= 0.6 is 0 Å². The molecule has 0 atom stereocenters. The van der Waals surface area contributed by atoms with Crippen molar-refractivity contribution < 1.29 is 9.59 Å². The molecule has 5 heteroatoms. The van der Waals surface area contributed by atoms with Crippen molar-refractivity contribution >= 4 is 55.4 Å². The van der Waals surface area contributed by atoms with Crippen molar-refractivity contribution in [3.05, 3.63) is 71.8 Å². The largest absolute Gasteiger partial charge is 0.335 e. The molecule has 0 bridgehead atoms. The molecule has 0 saturated carbocycles. The summed E-state index contributed by atoms with van der Waals surface area (Å²) < 4.78 is 4.57. The SMILES string of the molecule is CN1C(=O)c2c(c3c4ccccc4n4c3c3c2c2ccccc2n3CC=CC4)C1=O. The molecule has 2 aliphatic rings. The van der Waals surface area contributed by atoms with Crippen molar-refractivity contribution in [2.45, 2.75) is 13.1 Å². The summed E-state index contributed by atoms with van der Waals surface area (Å²) in [5.74, 6) is -0.427. The highest BCUT2D eigenvalue weighted by atomic mass is 16.2. The van der Waals surface area contributed by atoms with Crippen molar-refractivity contribution in [1.82, 2.24) is 14.0 Å². The molecule has 2 aromatic heterocycles. The molecule has 7 rings (SSSR count). The van der Waals surface area contributed by atoms with Gasteiger partial charge >= 0.3 is 0 Å². The van der Waals surface area contributed by atoms with Crippen LogP contribution in [0.15, 0.2) is 60.7 Å². The number of rotatable bonds is 0. The lowest BCUT2D eigenvalue weighted by Crippen LogP contribution is -2.24. The quantitative estimate of drug-likeness (QED) is 0.284. The number of hydrogen-bond acceptors (Lipinski definition) is 2. The summed E-state index contributed by atoms with van der Waals surface area (Å²) >= 11 is 0. The minimum absolute atomic E-state index is 0.214. The van der Waals surface area contributed by atoms with Gasteiger partial charge in [-0.2, -0.15) is 0 Å². The number of carbonyl (C=O) groups excluding carboxylic acids is 2. The van der Waals surface area contributed by atoms with E-state index in [4.69, 9.17) is 0 Å². The highest BCUT2D eigenvalue weighted by Gasteiger charge is 2.40. The van der Waals surface area contributed by atoms with Gasteiger partial charge in [-0.1, -0.05) is 48.6 Å². The second-order valence-electron chi connectivity index (χ2n) is 8.09. The molecule has 5 nitrogen and oxygen atoms in total. The topological polar surface area (TPSA) is 47.2 Å². The maximum absolute atomic E-state index is 13.3. The Labute approximate surface area is 171 Å². The predicted octanol–water partition coefficient (Wildman–Crippen LogP) is 4.70. The lowest BCUT2D eigenvalue weighted by Gasteiger charge is -2.13. The number of para-hydroxylation sites is 2. The molecule has 3 aromatic carbocycles. The van der Waals surface area contributed by atoms with Crippen LogP contribution in [0.2, 0.25) is 0 Å². The summed E-state index contributed by atoms with van der Waals surface area (Å²) in [5.41, 5.74) is 5.35. The Morgan fingerprint density at radius 3 is 1.57 bits per heavy atom. The average molecular weight is 391 g/mol. The molecule has 4 heterocycles. The summed E-state index contributed by atoms with van der Waals surface area (Å²) in [4.78, 5) is 27.9. The fraction of sp³-hybridized carbons (Fsp3) is 0.120. The minimum atomic E-state index is -0.214. The Kier molecular flexibility index (Phi) is 2.77. The molecule has 0 saturated heterocycles. The van der Waals surface area contributed by atoms with Gasteiger partial charge in [0.05, 0.1) is 22.2 Å². The van der Waals surface area contributed by atoms with Gasteiger partial charge in [0.25, 0.3) is 11.8 Å². The molecule has 144 valence electrons. The molecule has 0 radical (unpaired) electrons. The number of nitrogens with zero attached hydrogens (tertiary/aromatic N) is 3. The monoisotopic (exact) mass is 391 g/mol. The first-order valence-electron chi connectivity index (χ1n) is 10.1. The van der Waals surface area contributed by atoms with Crippen molar-refractivity contribution in [1.29, 1.82) is 0 Å². The van der Waals surface area contributed by atoms with Gasteiger partial charge in [0, 0.05) is 52.7 Å². The highest BCUT2D eigenvalue weighted by Crippen LogP contribution is 2.46. The van der Waals surface area contributed by atoms with Gasteiger partial charge in [-0.25, -0.2) is 0 Å². The smallest absolute Gasteiger partial charge is 0.262 e. The van der Waals surface area contributed by atoms with E-state index in [2.05, 4.69) is 45.6 Å². The molecular weight excluding hydrogens is 374 g/mol. The van der Waals surface area contributed by atoms with Crippen molar-refractivity contribution in [3.63, 3.8) is 0 Å². The van der Waals surface area contributed by atoms with E-state index in [1.54, 1.807) is 7.05 Å². The second kappa shape index (κ2) is 5.19. The van der Waals surface area contributed by atoms with Crippen LogP contribution in [0.1, 0.15) is 20.7 Å². The zero-order valence-corrected chi connectivity index (χ0v) is 16.3. The Morgan fingerprint density at radius 2 is 1.10 bits per heavy atom. The summed E-state index contributed by atoms with van der Waals surface area (Å²) in [5, 5.41) is 3.84. The molecule has 5 aromatic rings. The van der Waals surface area contributed by atoms with E-state index < -0.39 is 0 Å². The van der Waals surface area contributed by atoms with Gasteiger partial charge in [0.2, 0.25) is 0 Å². The second-order valence-corrected chi connectivity index (χ2v) is 8.09. The van der Waals surface area contributed by atoms with Crippen LogP contribution < -0.4 is 0 Å². The van der Waals surface area contributed by atoms with Crippen molar-refractivity contribution in [2.75, 3.05) is 7.05 Å². The fourth-order valence-corrected chi connectivity index (χ4v) is 5.45. The third-order valence-electron chi connectivity index (χ3n) is 6.70. The Morgan fingerprint density at radius 1 is 0.667 bits per heavy atom. The molecule has 0 aliphatic carbocycles. The molecule has 2 aliphatic heterocycles. The summed E-state index contributed by atoms with van der Waals surface area (Å²) in [6, 6.07) is 16.4. The number of fused-ring (bicyclic) bond motifs is 9. The number of imide groups is 1. The van der Waals surface area contributed by atoms with Gasteiger partial charge in [-0.05, 0) is 12.1 Å². The van der Waals surface area contributed by atoms with Crippen molar-refractivity contribution in [2.24, 2.45) is 0 Å². The highest BCUT2D eigenvalue weighted by molar-refractivity contribution is 6.39. The number of hydrogen-bond donors (Lipinski definition) is 0. The zero-order chi connectivity index (χ0) is 20.1. The Hall–Kier alpha value is -3.86. The van der Waals surface area contributed by atoms with E-state index in [9.17, 15) is 9.59 Å². The standard InChI is InChI=1S/C25H17N3O2/c1-26-24(29)20-18-14-8-2-4-10-16(14)27-12-6-7-13-28-17-11-5-3-9-15(17)19(21(20)25(26)30)23(28)22(18)27/h2-11H,12-13H2,1H3. The van der Waals surface area contributed by atoms with E-state index in [0.29, 0.717) is 11.1 Å². The number of allylic oxidation sites excluding steroid dienone is 2. The summed E-state index contributed by atoms with van der Waals surface area (Å²) in [6.45, 7) is 1.47. The van der Waals surface area contributed by atoms with Crippen molar-refractivity contribution in [3.8, 4) is 0 Å². The Balaban J connectivity index is 1.93. The number of carbonyl (C=O) groups is 2. The van der Waals surface area contributed by atoms with Crippen LogP contribution in [-0.2, 0) is 13.1 Å². The van der Waals surface area contributed by atoms with Gasteiger partial charge in [0.1, 0.15) is 0 Å². The summed E-state index contributed by atoms with van der Waals surface area (Å²) in [7, 11) is 1.58. The molecule has 0 spiro atoms. The van der Waals surface area contributed by atoms with E-state index in [1.165, 1.54) is 4.90 Å². The predicted molar refractivity (Wildman–Crippen MR) is 118 cm³/mol. The van der Waals surface area contributed by atoms with Crippen LogP contribution in [0.5, 0.6) is 0 Å². The summed E-state index contributed by atoms with van der Waals surface area (Å²) in [6.07, 6.45) is 4.36.